The molecule has 13 heavy (non-hydrogen) atoms. The second kappa shape index (κ2) is 3.50. The van der Waals surface area contributed by atoms with Gasteiger partial charge >= 0.3 is 0 Å². The van der Waals surface area contributed by atoms with Crippen LogP contribution >= 0.6 is 22.3 Å². The standard InChI is InChI=1S/C6H2Cl2N2O2S/c7-6-2-5(13(8,11)12)1-4(3-9)10-6/h1-2H. The number of rotatable bonds is 1. The quantitative estimate of drug-likeness (QED) is 0.548. The molecule has 1 heterocycles. The van der Waals surface area contributed by atoms with Crippen molar-refractivity contribution in [2.24, 2.45) is 0 Å². The molecule has 0 unspecified atom stereocenters. The van der Waals surface area contributed by atoms with Gasteiger partial charge in [0.05, 0.1) is 4.90 Å². The van der Waals surface area contributed by atoms with E-state index in [1.54, 1.807) is 6.07 Å². The van der Waals surface area contributed by atoms with E-state index in [0.717, 1.165) is 12.1 Å². The summed E-state index contributed by atoms with van der Waals surface area (Å²) in [5.41, 5.74) is -0.0910. The Kier molecular flexibility index (Phi) is 2.76. The Balaban J connectivity index is 3.44. The Morgan fingerprint density at radius 3 is 2.54 bits per heavy atom. The van der Waals surface area contributed by atoms with Crippen LogP contribution in [0.1, 0.15) is 5.69 Å². The van der Waals surface area contributed by atoms with Crippen LogP contribution in [-0.2, 0) is 9.05 Å². The molecule has 7 heteroatoms. The maximum atomic E-state index is 10.8. The number of hydrogen-bond acceptors (Lipinski definition) is 4. The van der Waals surface area contributed by atoms with Gasteiger partial charge in [0.1, 0.15) is 16.9 Å². The molecule has 0 fully saturated rings. The molecular formula is C6H2Cl2N2O2S. The molecule has 1 aromatic heterocycles. The molecule has 4 nitrogen and oxygen atoms in total. The summed E-state index contributed by atoms with van der Waals surface area (Å²) in [5.74, 6) is 0. The molecular weight excluding hydrogens is 235 g/mol. The SMILES string of the molecule is N#Cc1cc(S(=O)(=O)Cl)cc(Cl)n1. The Morgan fingerprint density at radius 2 is 2.08 bits per heavy atom. The largest absolute Gasteiger partial charge is 0.261 e. The van der Waals surface area contributed by atoms with Gasteiger partial charge in [-0.2, -0.15) is 5.26 Å². The third-order valence-corrected chi connectivity index (χ3v) is 2.69. The van der Waals surface area contributed by atoms with Crippen molar-refractivity contribution in [2.75, 3.05) is 0 Å². The molecule has 0 atom stereocenters. The van der Waals surface area contributed by atoms with Crippen molar-refractivity contribution in [1.82, 2.24) is 4.98 Å². The molecule has 0 saturated carbocycles. The van der Waals surface area contributed by atoms with Crippen molar-refractivity contribution in [3.8, 4) is 6.07 Å². The average Bonchev–Trinajstić information content (AvgIpc) is 2.01. The van der Waals surface area contributed by atoms with Crippen molar-refractivity contribution >= 4 is 31.3 Å². The molecule has 1 aromatic rings. The van der Waals surface area contributed by atoms with Crippen LogP contribution in [0.25, 0.3) is 0 Å². The van der Waals surface area contributed by atoms with E-state index in [0.29, 0.717) is 0 Å². The lowest BCUT2D eigenvalue weighted by atomic mass is 10.4. The highest BCUT2D eigenvalue weighted by Crippen LogP contribution is 2.18. The summed E-state index contributed by atoms with van der Waals surface area (Å²) in [4.78, 5) is 3.32. The monoisotopic (exact) mass is 236 g/mol. The van der Waals surface area contributed by atoms with Gasteiger partial charge in [-0.05, 0) is 12.1 Å². The summed E-state index contributed by atoms with van der Waals surface area (Å²) in [5, 5.41) is 8.36. The van der Waals surface area contributed by atoms with Crippen LogP contribution in [0.4, 0.5) is 0 Å². The van der Waals surface area contributed by atoms with E-state index in [4.69, 9.17) is 27.5 Å². The number of aromatic nitrogens is 1. The van der Waals surface area contributed by atoms with Crippen molar-refractivity contribution < 1.29 is 8.42 Å². The van der Waals surface area contributed by atoms with Crippen LogP contribution in [0.3, 0.4) is 0 Å². The first kappa shape index (κ1) is 10.3. The zero-order chi connectivity index (χ0) is 10.1. The lowest BCUT2D eigenvalue weighted by Gasteiger charge is -1.96. The van der Waals surface area contributed by atoms with Crippen molar-refractivity contribution in [2.45, 2.75) is 4.90 Å². The summed E-state index contributed by atoms with van der Waals surface area (Å²) in [6.45, 7) is 0. The van der Waals surface area contributed by atoms with Gasteiger partial charge in [-0.3, -0.25) is 0 Å². The van der Waals surface area contributed by atoms with Crippen LogP contribution in [0.2, 0.25) is 5.15 Å². The van der Waals surface area contributed by atoms with E-state index in [9.17, 15) is 8.42 Å². The van der Waals surface area contributed by atoms with Gasteiger partial charge in [0.2, 0.25) is 0 Å². The zero-order valence-corrected chi connectivity index (χ0v) is 8.36. The smallest absolute Gasteiger partial charge is 0.225 e. The van der Waals surface area contributed by atoms with Gasteiger partial charge < -0.3 is 0 Å². The summed E-state index contributed by atoms with van der Waals surface area (Å²) in [7, 11) is 1.17. The van der Waals surface area contributed by atoms with Crippen LogP contribution in [0.15, 0.2) is 17.0 Å². The number of pyridine rings is 1. The topological polar surface area (TPSA) is 70.8 Å². The molecule has 0 radical (unpaired) electrons. The molecule has 0 aliphatic carbocycles. The maximum Gasteiger partial charge on any atom is 0.261 e. The molecule has 0 bridgehead atoms. The minimum Gasteiger partial charge on any atom is -0.225 e. The lowest BCUT2D eigenvalue weighted by Crippen LogP contribution is -1.93. The summed E-state index contributed by atoms with van der Waals surface area (Å²) >= 11 is 5.45. The zero-order valence-electron chi connectivity index (χ0n) is 6.03. The number of halogens is 2. The van der Waals surface area contributed by atoms with Crippen LogP contribution in [0, 0.1) is 11.3 Å². The van der Waals surface area contributed by atoms with Gasteiger partial charge in [0, 0.05) is 10.7 Å². The van der Waals surface area contributed by atoms with Crippen molar-refractivity contribution in [3.63, 3.8) is 0 Å². The fraction of sp³-hybridized carbons (Fsp3) is 0. The number of nitrogens with zero attached hydrogens (tertiary/aromatic N) is 2. The van der Waals surface area contributed by atoms with Crippen LogP contribution in [0.5, 0.6) is 0 Å². The molecule has 0 spiro atoms. The first-order valence-electron chi connectivity index (χ1n) is 2.96. The highest BCUT2D eigenvalue weighted by molar-refractivity contribution is 8.13. The Morgan fingerprint density at radius 1 is 1.46 bits per heavy atom. The van der Waals surface area contributed by atoms with Gasteiger partial charge in [0.25, 0.3) is 9.05 Å². The van der Waals surface area contributed by atoms with Gasteiger partial charge in [-0.25, -0.2) is 13.4 Å². The van der Waals surface area contributed by atoms with Crippen molar-refractivity contribution in [3.05, 3.63) is 23.0 Å². The first-order chi connectivity index (χ1) is 5.93. The molecule has 1 rings (SSSR count). The third-order valence-electron chi connectivity index (χ3n) is 1.16. The van der Waals surface area contributed by atoms with E-state index in [-0.39, 0.29) is 15.7 Å². The van der Waals surface area contributed by atoms with E-state index in [1.165, 1.54) is 0 Å². The Bertz CT molecular complexity index is 478. The molecule has 0 amide bonds. The number of hydrogen-bond donors (Lipinski definition) is 0. The highest BCUT2D eigenvalue weighted by atomic mass is 35.7. The maximum absolute atomic E-state index is 10.8. The molecule has 0 saturated heterocycles. The highest BCUT2D eigenvalue weighted by Gasteiger charge is 2.12. The van der Waals surface area contributed by atoms with Crippen molar-refractivity contribution in [1.29, 1.82) is 5.26 Å². The van der Waals surface area contributed by atoms with Gasteiger partial charge in [-0.1, -0.05) is 11.6 Å². The molecule has 0 aliphatic heterocycles. The Labute approximate surface area is 84.1 Å². The summed E-state index contributed by atoms with van der Waals surface area (Å²) in [6, 6.07) is 3.79. The molecule has 68 valence electrons. The van der Waals surface area contributed by atoms with Gasteiger partial charge in [-0.15, -0.1) is 0 Å². The first-order valence-corrected chi connectivity index (χ1v) is 5.64. The van der Waals surface area contributed by atoms with Crippen LogP contribution in [-0.4, -0.2) is 13.4 Å². The number of nitriles is 1. The predicted molar refractivity (Wildman–Crippen MR) is 47.0 cm³/mol. The average molecular weight is 237 g/mol. The summed E-state index contributed by atoms with van der Waals surface area (Å²) in [6.07, 6.45) is 0. The fourth-order valence-corrected chi connectivity index (χ4v) is 1.72. The van der Waals surface area contributed by atoms with Gasteiger partial charge in [0.15, 0.2) is 0 Å². The van der Waals surface area contributed by atoms with E-state index in [2.05, 4.69) is 4.98 Å². The molecule has 0 N–H and O–H groups in total. The minimum atomic E-state index is -3.86. The van der Waals surface area contributed by atoms with E-state index >= 15 is 0 Å². The second-order valence-electron chi connectivity index (χ2n) is 2.06. The second-order valence-corrected chi connectivity index (χ2v) is 5.01. The normalized spacial score (nSPS) is 10.8. The third kappa shape index (κ3) is 2.56. The summed E-state index contributed by atoms with van der Waals surface area (Å²) < 4.78 is 21.6. The van der Waals surface area contributed by atoms with E-state index < -0.39 is 9.05 Å². The lowest BCUT2D eigenvalue weighted by molar-refractivity contribution is 0.609. The molecule has 0 aliphatic rings. The Hall–Kier alpha value is -0.830. The minimum absolute atomic E-state index is 0.0849. The molecule has 0 aromatic carbocycles. The van der Waals surface area contributed by atoms with Crippen LogP contribution < -0.4 is 0 Å². The predicted octanol–water partition coefficient (Wildman–Crippen LogP) is 1.53. The fourth-order valence-electron chi connectivity index (χ4n) is 0.671. The van der Waals surface area contributed by atoms with E-state index in [1.807, 2.05) is 0 Å².